The van der Waals surface area contributed by atoms with E-state index in [0.29, 0.717) is 5.39 Å². The number of non-ortho nitro benzene ring substituents is 1. The van der Waals surface area contributed by atoms with Gasteiger partial charge in [0.15, 0.2) is 0 Å². The van der Waals surface area contributed by atoms with Crippen molar-refractivity contribution >= 4 is 28.7 Å². The predicted octanol–water partition coefficient (Wildman–Crippen LogP) is 3.12. The average Bonchev–Trinajstić information content (AvgIpc) is 2.82. The third-order valence-electron chi connectivity index (χ3n) is 2.97. The predicted molar refractivity (Wildman–Crippen MR) is 81.6 cm³/mol. The highest BCUT2D eigenvalue weighted by atomic mass is 16.6. The van der Waals surface area contributed by atoms with Gasteiger partial charge in [-0.2, -0.15) is 0 Å². The molecule has 0 bridgehead atoms. The van der Waals surface area contributed by atoms with Crippen LogP contribution in [0, 0.1) is 10.1 Å². The van der Waals surface area contributed by atoms with E-state index in [0.717, 1.165) is 4.57 Å². The summed E-state index contributed by atoms with van der Waals surface area (Å²) in [7, 11) is 1.18. The Balaban J connectivity index is 2.70. The zero-order chi connectivity index (χ0) is 17.4. The van der Waals surface area contributed by atoms with Crippen molar-refractivity contribution in [1.29, 1.82) is 0 Å². The Labute approximate surface area is 131 Å². The molecule has 0 atom stereocenters. The van der Waals surface area contributed by atoms with Crippen molar-refractivity contribution < 1.29 is 24.0 Å². The zero-order valence-electron chi connectivity index (χ0n) is 13.2. The molecule has 2 rings (SSSR count). The SMILES string of the molecule is COC(=O)c1cc2ccc([N+](=O)[O-])cc2n1C(=O)OC(C)(C)C. The van der Waals surface area contributed by atoms with Crippen LogP contribution in [0.2, 0.25) is 0 Å². The molecule has 0 unspecified atom stereocenters. The number of rotatable bonds is 2. The summed E-state index contributed by atoms with van der Waals surface area (Å²) in [5.41, 5.74) is -0.843. The smallest absolute Gasteiger partial charge is 0.419 e. The van der Waals surface area contributed by atoms with E-state index in [1.54, 1.807) is 20.8 Å². The molecule has 0 saturated carbocycles. The van der Waals surface area contributed by atoms with Crippen LogP contribution in [0.15, 0.2) is 24.3 Å². The van der Waals surface area contributed by atoms with Crippen LogP contribution < -0.4 is 0 Å². The molecule has 23 heavy (non-hydrogen) atoms. The van der Waals surface area contributed by atoms with Gasteiger partial charge in [0, 0.05) is 17.5 Å². The van der Waals surface area contributed by atoms with Gasteiger partial charge in [0.05, 0.1) is 17.5 Å². The van der Waals surface area contributed by atoms with Crippen molar-refractivity contribution in [1.82, 2.24) is 4.57 Å². The highest BCUT2D eigenvalue weighted by molar-refractivity contribution is 6.02. The lowest BCUT2D eigenvalue weighted by atomic mass is 10.2. The highest BCUT2D eigenvalue weighted by Gasteiger charge is 2.26. The molecule has 8 heteroatoms. The van der Waals surface area contributed by atoms with Crippen LogP contribution in [0.5, 0.6) is 0 Å². The molecule has 0 amide bonds. The maximum Gasteiger partial charge on any atom is 0.419 e. The highest BCUT2D eigenvalue weighted by Crippen LogP contribution is 2.26. The fourth-order valence-corrected chi connectivity index (χ4v) is 2.06. The zero-order valence-corrected chi connectivity index (χ0v) is 13.2. The van der Waals surface area contributed by atoms with Crippen LogP contribution in [0.1, 0.15) is 31.3 Å². The van der Waals surface area contributed by atoms with E-state index in [1.165, 1.54) is 31.4 Å². The second kappa shape index (κ2) is 5.71. The first-order chi connectivity index (χ1) is 10.6. The molecule has 1 aromatic carbocycles. The van der Waals surface area contributed by atoms with Crippen molar-refractivity contribution in [3.05, 3.63) is 40.1 Å². The quantitative estimate of drug-likeness (QED) is 0.479. The summed E-state index contributed by atoms with van der Waals surface area (Å²) >= 11 is 0. The number of carbonyl (C=O) groups excluding carboxylic acids is 2. The van der Waals surface area contributed by atoms with Crippen LogP contribution in [0.4, 0.5) is 10.5 Å². The number of nitrogens with zero attached hydrogens (tertiary/aromatic N) is 2. The molecule has 0 fully saturated rings. The Morgan fingerprint density at radius 2 is 1.87 bits per heavy atom. The lowest BCUT2D eigenvalue weighted by Gasteiger charge is -2.20. The standard InChI is InChI=1S/C15H16N2O6/c1-15(2,3)23-14(19)16-11-8-10(17(20)21)6-5-9(11)7-12(16)13(18)22-4/h5-8H,1-4H3. The van der Waals surface area contributed by atoms with Crippen LogP contribution in [0.3, 0.4) is 0 Å². The molecule has 8 nitrogen and oxygen atoms in total. The molecule has 0 aliphatic heterocycles. The number of nitro groups is 1. The first-order valence-electron chi connectivity index (χ1n) is 6.75. The molecule has 122 valence electrons. The number of benzene rings is 1. The second-order valence-corrected chi connectivity index (χ2v) is 5.84. The fourth-order valence-electron chi connectivity index (χ4n) is 2.06. The van der Waals surface area contributed by atoms with Crippen LogP contribution in [-0.4, -0.2) is 34.3 Å². The van der Waals surface area contributed by atoms with Gasteiger partial charge >= 0.3 is 12.1 Å². The first kappa shape index (κ1) is 16.5. The van der Waals surface area contributed by atoms with Crippen molar-refractivity contribution in [2.24, 2.45) is 0 Å². The Morgan fingerprint density at radius 3 is 2.39 bits per heavy atom. The molecule has 0 spiro atoms. The third kappa shape index (κ3) is 3.31. The van der Waals surface area contributed by atoms with E-state index in [9.17, 15) is 19.7 Å². The van der Waals surface area contributed by atoms with E-state index >= 15 is 0 Å². The van der Waals surface area contributed by atoms with Gasteiger partial charge in [0.2, 0.25) is 0 Å². The van der Waals surface area contributed by atoms with Gasteiger partial charge in [-0.3, -0.25) is 10.1 Å². The minimum absolute atomic E-state index is 0.0581. The topological polar surface area (TPSA) is 101 Å². The maximum atomic E-state index is 12.4. The van der Waals surface area contributed by atoms with Gasteiger partial charge in [0.1, 0.15) is 11.3 Å². The Hall–Kier alpha value is -2.90. The first-order valence-corrected chi connectivity index (χ1v) is 6.75. The summed E-state index contributed by atoms with van der Waals surface area (Å²) in [6.07, 6.45) is -0.812. The molecule has 1 heterocycles. The second-order valence-electron chi connectivity index (χ2n) is 5.84. The number of nitro benzene ring substituents is 1. The largest absolute Gasteiger partial charge is 0.464 e. The van der Waals surface area contributed by atoms with E-state index in [1.807, 2.05) is 0 Å². The number of hydrogen-bond acceptors (Lipinski definition) is 6. The van der Waals surface area contributed by atoms with E-state index < -0.39 is 22.6 Å². The molecule has 0 saturated heterocycles. The van der Waals surface area contributed by atoms with Crippen molar-refractivity contribution in [2.75, 3.05) is 7.11 Å². The Kier molecular flexibility index (Phi) is 4.09. The van der Waals surface area contributed by atoms with Crippen molar-refractivity contribution in [3.63, 3.8) is 0 Å². The molecule has 0 N–H and O–H groups in total. The van der Waals surface area contributed by atoms with Gasteiger partial charge in [-0.1, -0.05) is 0 Å². The number of carbonyl (C=O) groups is 2. The van der Waals surface area contributed by atoms with E-state index in [2.05, 4.69) is 4.74 Å². The Bertz CT molecular complexity index is 800. The molecule has 0 aliphatic rings. The number of methoxy groups -OCH3 is 1. The average molecular weight is 320 g/mol. The molecule has 0 radical (unpaired) electrons. The minimum Gasteiger partial charge on any atom is -0.464 e. The van der Waals surface area contributed by atoms with Gasteiger partial charge in [-0.25, -0.2) is 14.2 Å². The number of fused-ring (bicyclic) bond motifs is 1. The maximum absolute atomic E-state index is 12.4. The third-order valence-corrected chi connectivity index (χ3v) is 2.97. The van der Waals surface area contributed by atoms with Crippen molar-refractivity contribution in [3.8, 4) is 0 Å². The molecule has 0 aliphatic carbocycles. The number of ether oxygens (including phenoxy) is 2. The van der Waals surface area contributed by atoms with Gasteiger partial charge < -0.3 is 9.47 Å². The summed E-state index contributed by atoms with van der Waals surface area (Å²) in [5, 5.41) is 11.4. The van der Waals surface area contributed by atoms with E-state index in [-0.39, 0.29) is 16.9 Å². The summed E-state index contributed by atoms with van der Waals surface area (Å²) in [5.74, 6) is -0.741. The Morgan fingerprint density at radius 1 is 1.22 bits per heavy atom. The summed E-state index contributed by atoms with van der Waals surface area (Å²) in [4.78, 5) is 34.7. The minimum atomic E-state index is -0.812. The van der Waals surface area contributed by atoms with E-state index in [4.69, 9.17) is 4.74 Å². The summed E-state index contributed by atoms with van der Waals surface area (Å²) < 4.78 is 10.9. The summed E-state index contributed by atoms with van der Waals surface area (Å²) in [6.45, 7) is 5.03. The number of hydrogen-bond donors (Lipinski definition) is 0. The summed E-state index contributed by atoms with van der Waals surface area (Å²) in [6, 6.07) is 5.39. The van der Waals surface area contributed by atoms with Crippen LogP contribution in [-0.2, 0) is 9.47 Å². The van der Waals surface area contributed by atoms with Crippen LogP contribution in [0.25, 0.3) is 10.9 Å². The molecule has 1 aromatic heterocycles. The lowest BCUT2D eigenvalue weighted by Crippen LogP contribution is -2.29. The van der Waals surface area contributed by atoms with Gasteiger partial charge in [-0.05, 0) is 32.9 Å². The molecular formula is C15H16N2O6. The normalized spacial score (nSPS) is 11.3. The van der Waals surface area contributed by atoms with Gasteiger partial charge in [0.25, 0.3) is 5.69 Å². The monoisotopic (exact) mass is 320 g/mol. The fraction of sp³-hybridized carbons (Fsp3) is 0.333. The molecular weight excluding hydrogens is 304 g/mol. The van der Waals surface area contributed by atoms with Gasteiger partial charge in [-0.15, -0.1) is 0 Å². The molecule has 2 aromatic rings. The number of esters is 1. The number of aromatic nitrogens is 1. The van der Waals surface area contributed by atoms with Crippen molar-refractivity contribution in [2.45, 2.75) is 26.4 Å². The lowest BCUT2D eigenvalue weighted by molar-refractivity contribution is -0.384. The van der Waals surface area contributed by atoms with Crippen LogP contribution >= 0.6 is 0 Å².